The zero-order valence-electron chi connectivity index (χ0n) is 15.6. The molecule has 0 saturated carbocycles. The molecule has 26 heavy (non-hydrogen) atoms. The van der Waals surface area contributed by atoms with Crippen LogP contribution in [0.4, 0.5) is 0 Å². The Balaban J connectivity index is 2.16. The Morgan fingerprint density at radius 2 is 1.54 bits per heavy atom. The number of hydrogen-bond acceptors (Lipinski definition) is 5. The van der Waals surface area contributed by atoms with Gasteiger partial charge in [0.15, 0.2) is 0 Å². The first-order valence-electron chi connectivity index (χ1n) is 8.69. The topological polar surface area (TPSA) is 59.0 Å². The molecule has 0 aliphatic carbocycles. The molecule has 2 rings (SSSR count). The highest BCUT2D eigenvalue weighted by Gasteiger charge is 2.28. The third-order valence-electron chi connectivity index (χ3n) is 4.49. The van der Waals surface area contributed by atoms with Crippen LogP contribution in [0.5, 0.6) is 0 Å². The van der Waals surface area contributed by atoms with Crippen molar-refractivity contribution in [2.75, 3.05) is 26.9 Å². The molecule has 0 spiro atoms. The molecule has 6 heteroatoms. The number of aliphatic hydroxyl groups excluding tert-OH is 1. The first kappa shape index (κ1) is 20.8. The van der Waals surface area contributed by atoms with E-state index in [1.165, 1.54) is 14.2 Å². The van der Waals surface area contributed by atoms with E-state index in [2.05, 4.69) is 36.1 Å². The van der Waals surface area contributed by atoms with E-state index in [1.807, 2.05) is 36.4 Å². The molecular weight excluding hydrogens is 349 g/mol. The van der Waals surface area contributed by atoms with Gasteiger partial charge in [0.2, 0.25) is 0 Å². The van der Waals surface area contributed by atoms with Crippen LogP contribution < -0.4 is 0 Å². The smallest absolute Gasteiger partial charge is 0.332 e. The summed E-state index contributed by atoms with van der Waals surface area (Å²) in [6.45, 7) is 3.15. The molecule has 5 nitrogen and oxygen atoms in total. The molecule has 0 aliphatic rings. The van der Waals surface area contributed by atoms with E-state index in [-0.39, 0.29) is 12.2 Å². The molecule has 0 aromatic heterocycles. The second-order valence-corrected chi connectivity index (χ2v) is 8.63. The molecule has 0 bridgehead atoms. The number of aliphatic hydroxyl groups is 1. The van der Waals surface area contributed by atoms with Gasteiger partial charge in [0.05, 0.1) is 12.3 Å². The normalized spacial score (nSPS) is 14.3. The summed E-state index contributed by atoms with van der Waals surface area (Å²) >= 11 is 0. The summed E-state index contributed by atoms with van der Waals surface area (Å²) in [5, 5.41) is 10.5. The Morgan fingerprint density at radius 1 is 1.00 bits per heavy atom. The third kappa shape index (κ3) is 6.04. The summed E-state index contributed by atoms with van der Waals surface area (Å²) in [5.41, 5.74) is 2.32. The molecule has 1 N–H and O–H groups in total. The first-order valence-corrected chi connectivity index (χ1v) is 10.4. The molecular formula is C20H28NO4P. The Morgan fingerprint density at radius 3 is 2.08 bits per heavy atom. The van der Waals surface area contributed by atoms with Gasteiger partial charge in [-0.05, 0) is 18.1 Å². The Hall–Kier alpha value is -1.49. The maximum Gasteiger partial charge on any atom is 0.332 e. The predicted octanol–water partition coefficient (Wildman–Crippen LogP) is 4.10. The maximum atomic E-state index is 12.3. The lowest BCUT2D eigenvalue weighted by molar-refractivity contribution is 0.0943. The van der Waals surface area contributed by atoms with Crippen LogP contribution in [0, 0.1) is 0 Å². The number of rotatable bonds is 10. The van der Waals surface area contributed by atoms with Gasteiger partial charge in [-0.1, -0.05) is 60.7 Å². The van der Waals surface area contributed by atoms with Gasteiger partial charge >= 0.3 is 7.60 Å². The van der Waals surface area contributed by atoms with Gasteiger partial charge in [0, 0.05) is 33.4 Å². The molecule has 0 fully saturated rings. The summed E-state index contributed by atoms with van der Waals surface area (Å²) in [7, 11) is -0.578. The van der Waals surface area contributed by atoms with E-state index in [4.69, 9.17) is 9.05 Å². The molecule has 0 aliphatic heterocycles. The van der Waals surface area contributed by atoms with Crippen molar-refractivity contribution in [3.05, 3.63) is 71.8 Å². The molecule has 2 aromatic carbocycles. The molecule has 2 aromatic rings. The lowest BCUT2D eigenvalue weighted by Crippen LogP contribution is -2.36. The van der Waals surface area contributed by atoms with Gasteiger partial charge < -0.3 is 14.2 Å². The lowest BCUT2D eigenvalue weighted by atomic mass is 10.1. The van der Waals surface area contributed by atoms with Crippen molar-refractivity contribution in [2.45, 2.75) is 25.6 Å². The van der Waals surface area contributed by atoms with E-state index >= 15 is 0 Å². The SMILES string of the molecule is COP(=O)(C[C@H](O)CN(Cc1ccccc1)[C@H](C)c1ccccc1)OC. The Kier molecular flexibility index (Phi) is 8.01. The van der Waals surface area contributed by atoms with Crippen molar-refractivity contribution >= 4 is 7.60 Å². The van der Waals surface area contributed by atoms with Crippen molar-refractivity contribution in [2.24, 2.45) is 0 Å². The Labute approximate surface area is 156 Å². The van der Waals surface area contributed by atoms with Gasteiger partial charge in [-0.3, -0.25) is 9.46 Å². The quantitative estimate of drug-likeness (QED) is 0.632. The molecule has 0 saturated heterocycles. The van der Waals surface area contributed by atoms with Crippen molar-refractivity contribution < 1.29 is 18.7 Å². The lowest BCUT2D eigenvalue weighted by Gasteiger charge is -2.32. The third-order valence-corrected chi connectivity index (χ3v) is 6.48. The monoisotopic (exact) mass is 377 g/mol. The van der Waals surface area contributed by atoms with E-state index < -0.39 is 13.7 Å². The molecule has 0 unspecified atom stereocenters. The minimum Gasteiger partial charge on any atom is -0.391 e. The summed E-state index contributed by atoms with van der Waals surface area (Å²) in [6, 6.07) is 20.3. The van der Waals surface area contributed by atoms with Crippen molar-refractivity contribution in [3.8, 4) is 0 Å². The summed E-state index contributed by atoms with van der Waals surface area (Å²) in [6.07, 6.45) is -0.858. The molecule has 2 atom stereocenters. The van der Waals surface area contributed by atoms with E-state index in [0.717, 1.165) is 11.1 Å². The molecule has 142 valence electrons. The summed E-state index contributed by atoms with van der Waals surface area (Å²) in [5.74, 6) is 0. The highest BCUT2D eigenvalue weighted by atomic mass is 31.2. The molecule has 0 amide bonds. The highest BCUT2D eigenvalue weighted by molar-refractivity contribution is 7.53. The van der Waals surface area contributed by atoms with Crippen LogP contribution >= 0.6 is 7.60 Å². The zero-order chi connectivity index (χ0) is 19.0. The average Bonchev–Trinajstić information content (AvgIpc) is 2.68. The van der Waals surface area contributed by atoms with Gasteiger partial charge in [0.1, 0.15) is 0 Å². The van der Waals surface area contributed by atoms with Crippen molar-refractivity contribution in [1.29, 1.82) is 0 Å². The highest BCUT2D eigenvalue weighted by Crippen LogP contribution is 2.46. The van der Waals surface area contributed by atoms with Gasteiger partial charge in [0.25, 0.3) is 0 Å². The first-order chi connectivity index (χ1) is 12.5. The zero-order valence-corrected chi connectivity index (χ0v) is 16.5. The second kappa shape index (κ2) is 10.0. The van der Waals surface area contributed by atoms with Crippen LogP contribution in [0.3, 0.4) is 0 Å². The fraction of sp³-hybridized carbons (Fsp3) is 0.400. The van der Waals surface area contributed by atoms with Gasteiger partial charge in [-0.15, -0.1) is 0 Å². The van der Waals surface area contributed by atoms with Crippen LogP contribution in [0.15, 0.2) is 60.7 Å². The van der Waals surface area contributed by atoms with E-state index in [1.54, 1.807) is 0 Å². The fourth-order valence-electron chi connectivity index (χ4n) is 2.93. The van der Waals surface area contributed by atoms with Crippen molar-refractivity contribution in [1.82, 2.24) is 4.90 Å². The van der Waals surface area contributed by atoms with Gasteiger partial charge in [-0.25, -0.2) is 0 Å². The minimum absolute atomic E-state index is 0.0349. The largest absolute Gasteiger partial charge is 0.391 e. The van der Waals surface area contributed by atoms with Crippen LogP contribution in [-0.4, -0.2) is 43.0 Å². The summed E-state index contributed by atoms with van der Waals surface area (Å²) < 4.78 is 22.2. The predicted molar refractivity (Wildman–Crippen MR) is 104 cm³/mol. The van der Waals surface area contributed by atoms with Crippen LogP contribution in [0.25, 0.3) is 0 Å². The van der Waals surface area contributed by atoms with Crippen molar-refractivity contribution in [3.63, 3.8) is 0 Å². The van der Waals surface area contributed by atoms with E-state index in [9.17, 15) is 9.67 Å². The van der Waals surface area contributed by atoms with E-state index in [0.29, 0.717) is 13.1 Å². The molecule has 0 radical (unpaired) electrons. The minimum atomic E-state index is -3.25. The number of benzene rings is 2. The van der Waals surface area contributed by atoms with Gasteiger partial charge in [-0.2, -0.15) is 0 Å². The summed E-state index contributed by atoms with van der Waals surface area (Å²) in [4.78, 5) is 2.17. The number of nitrogens with zero attached hydrogens (tertiary/aromatic N) is 1. The number of hydrogen-bond donors (Lipinski definition) is 1. The average molecular weight is 377 g/mol. The Bertz CT molecular complexity index is 687. The standard InChI is InChI=1S/C20H28NO4P/c1-17(19-12-8-5-9-13-19)21(14-18-10-6-4-7-11-18)15-20(22)16-26(23,24-2)25-3/h4-13,17,20,22H,14-16H2,1-3H3/t17-,20-/m1/s1. The molecule has 0 heterocycles. The fourth-order valence-corrected chi connectivity index (χ4v) is 4.01. The second-order valence-electron chi connectivity index (χ2n) is 6.31. The van der Waals surface area contributed by atoms with Crippen LogP contribution in [0.2, 0.25) is 0 Å². The maximum absolute atomic E-state index is 12.3. The van der Waals surface area contributed by atoms with Crippen LogP contribution in [-0.2, 0) is 20.2 Å². The van der Waals surface area contributed by atoms with Crippen LogP contribution in [0.1, 0.15) is 24.1 Å².